The number of carbonyl (C=O) groups excluding carboxylic acids is 1. The topological polar surface area (TPSA) is 44.8 Å². The van der Waals surface area contributed by atoms with Gasteiger partial charge in [-0.25, -0.2) is 0 Å². The van der Waals surface area contributed by atoms with E-state index in [2.05, 4.69) is 57.6 Å². The Balaban J connectivity index is 1.23. The van der Waals surface area contributed by atoms with Crippen LogP contribution in [0.5, 0.6) is 5.06 Å². The number of carbonyl (C=O) groups is 1. The number of anilines is 2. The molecule has 1 fully saturated rings. The minimum Gasteiger partial charge on any atom is -0.487 e. The van der Waals surface area contributed by atoms with Crippen molar-refractivity contribution in [3.8, 4) is 5.06 Å². The molecule has 1 saturated heterocycles. The smallest absolute Gasteiger partial charge is 0.224 e. The highest BCUT2D eigenvalue weighted by Gasteiger charge is 2.21. The number of para-hydroxylation sites is 1. The van der Waals surface area contributed by atoms with Gasteiger partial charge >= 0.3 is 0 Å². The fourth-order valence-electron chi connectivity index (χ4n) is 4.57. The van der Waals surface area contributed by atoms with Crippen LogP contribution in [0.1, 0.15) is 17.5 Å². The van der Waals surface area contributed by atoms with E-state index in [1.807, 2.05) is 0 Å². The molecule has 5 nitrogen and oxygen atoms in total. The molecule has 1 N–H and O–H groups in total. The summed E-state index contributed by atoms with van der Waals surface area (Å²) in [6, 6.07) is 15.1. The second-order valence-electron chi connectivity index (χ2n) is 8.04. The summed E-state index contributed by atoms with van der Waals surface area (Å²) in [7, 11) is 1.73. The van der Waals surface area contributed by atoms with Crippen LogP contribution in [0, 0.1) is 0 Å². The van der Waals surface area contributed by atoms with Crippen LogP contribution in [0.4, 0.5) is 11.4 Å². The van der Waals surface area contributed by atoms with Crippen LogP contribution in [-0.2, 0) is 17.6 Å². The number of hydrogen-bond donors (Lipinski definition) is 1. The Morgan fingerprint density at radius 1 is 1.07 bits per heavy atom. The van der Waals surface area contributed by atoms with Gasteiger partial charge in [0.15, 0.2) is 5.06 Å². The third-order valence-electron chi connectivity index (χ3n) is 6.25. The molecule has 2 aliphatic heterocycles. The number of fused-ring (bicyclic) bond motifs is 2. The van der Waals surface area contributed by atoms with E-state index in [0.29, 0.717) is 6.42 Å². The Morgan fingerprint density at radius 2 is 1.90 bits per heavy atom. The van der Waals surface area contributed by atoms with E-state index in [1.165, 1.54) is 26.9 Å². The van der Waals surface area contributed by atoms with Crippen LogP contribution in [0.2, 0.25) is 0 Å². The monoisotopic (exact) mass is 421 g/mol. The number of methoxy groups -OCH3 is 1. The van der Waals surface area contributed by atoms with Gasteiger partial charge < -0.3 is 15.0 Å². The van der Waals surface area contributed by atoms with Crippen LogP contribution in [0.25, 0.3) is 10.1 Å². The number of nitrogens with one attached hydrogen (secondary N) is 1. The molecule has 0 bridgehead atoms. The first-order chi connectivity index (χ1) is 14.7. The summed E-state index contributed by atoms with van der Waals surface area (Å²) in [5.74, 6) is 0.141. The molecule has 2 aliphatic rings. The number of aryl methyl sites for hydroxylation is 1. The van der Waals surface area contributed by atoms with Crippen molar-refractivity contribution >= 4 is 38.7 Å². The zero-order valence-electron chi connectivity index (χ0n) is 17.3. The van der Waals surface area contributed by atoms with Gasteiger partial charge in [-0.1, -0.05) is 35.6 Å². The van der Waals surface area contributed by atoms with Crippen molar-refractivity contribution in [2.24, 2.45) is 0 Å². The first kappa shape index (κ1) is 19.4. The zero-order valence-corrected chi connectivity index (χ0v) is 18.1. The number of benzene rings is 2. The summed E-state index contributed by atoms with van der Waals surface area (Å²) in [4.78, 5) is 16.9. The van der Waals surface area contributed by atoms with Crippen LogP contribution >= 0.6 is 11.3 Å². The maximum Gasteiger partial charge on any atom is 0.224 e. The van der Waals surface area contributed by atoms with Gasteiger partial charge in [0.2, 0.25) is 5.91 Å². The van der Waals surface area contributed by atoms with E-state index in [1.54, 1.807) is 18.4 Å². The fourth-order valence-corrected chi connectivity index (χ4v) is 5.47. The number of rotatable bonds is 5. The lowest BCUT2D eigenvalue weighted by Crippen LogP contribution is -2.47. The highest BCUT2D eigenvalue weighted by Crippen LogP contribution is 2.37. The van der Waals surface area contributed by atoms with Gasteiger partial charge in [-0.05, 0) is 36.1 Å². The molecule has 6 heteroatoms. The molecule has 1 amide bonds. The Hall–Kier alpha value is -2.57. The summed E-state index contributed by atoms with van der Waals surface area (Å²) in [5.41, 5.74) is 4.91. The standard InChI is InChI=1S/C24H27N3O2S/c1-29-23-16-19-20(6-3-7-21(19)30-23)27-14-12-26(13-15-27)11-10-18-5-2-4-17-8-9-22(28)25-24(17)18/h2-7,16H,8-15H2,1H3,(H,25,28). The van der Waals surface area contributed by atoms with Crippen LogP contribution in [0.15, 0.2) is 42.5 Å². The normalized spacial score (nSPS) is 17.1. The summed E-state index contributed by atoms with van der Waals surface area (Å²) < 4.78 is 6.72. The van der Waals surface area contributed by atoms with Gasteiger partial charge in [-0.3, -0.25) is 9.69 Å². The molecule has 2 aromatic carbocycles. The Bertz CT molecular complexity index is 1070. The quantitative estimate of drug-likeness (QED) is 0.672. The zero-order chi connectivity index (χ0) is 20.5. The first-order valence-corrected chi connectivity index (χ1v) is 11.5. The van der Waals surface area contributed by atoms with E-state index in [0.717, 1.165) is 56.3 Å². The van der Waals surface area contributed by atoms with Crippen molar-refractivity contribution in [2.45, 2.75) is 19.3 Å². The number of ether oxygens (including phenoxy) is 1. The van der Waals surface area contributed by atoms with Gasteiger partial charge in [-0.15, -0.1) is 0 Å². The average Bonchev–Trinajstić information content (AvgIpc) is 3.22. The summed E-state index contributed by atoms with van der Waals surface area (Å²) in [6.07, 6.45) is 2.43. The number of nitrogens with zero attached hydrogens (tertiary/aromatic N) is 2. The molecule has 0 unspecified atom stereocenters. The van der Waals surface area contributed by atoms with Crippen molar-refractivity contribution in [2.75, 3.05) is 50.1 Å². The number of amides is 1. The van der Waals surface area contributed by atoms with Crippen LogP contribution in [-0.4, -0.2) is 50.6 Å². The molecule has 30 heavy (non-hydrogen) atoms. The third kappa shape index (κ3) is 3.77. The Kier molecular flexibility index (Phi) is 5.35. The number of thiophene rings is 1. The van der Waals surface area contributed by atoms with Gasteiger partial charge in [-0.2, -0.15) is 0 Å². The van der Waals surface area contributed by atoms with Gasteiger partial charge in [0.05, 0.1) is 7.11 Å². The maximum absolute atomic E-state index is 11.8. The predicted molar refractivity (Wildman–Crippen MR) is 124 cm³/mol. The minimum absolute atomic E-state index is 0.141. The fraction of sp³-hybridized carbons (Fsp3) is 0.375. The largest absolute Gasteiger partial charge is 0.487 e. The van der Waals surface area contributed by atoms with Crippen molar-refractivity contribution in [1.29, 1.82) is 0 Å². The summed E-state index contributed by atoms with van der Waals surface area (Å²) in [5, 5.41) is 5.35. The van der Waals surface area contributed by atoms with Gasteiger partial charge in [0.25, 0.3) is 0 Å². The minimum atomic E-state index is 0.141. The van der Waals surface area contributed by atoms with Crippen molar-refractivity contribution in [3.05, 3.63) is 53.6 Å². The van der Waals surface area contributed by atoms with E-state index >= 15 is 0 Å². The second-order valence-corrected chi connectivity index (χ2v) is 9.08. The molecule has 5 rings (SSSR count). The SMILES string of the molecule is COc1cc2c(N3CCN(CCc4cccc5c4NC(=O)CC5)CC3)cccc2s1. The lowest BCUT2D eigenvalue weighted by atomic mass is 9.97. The number of hydrogen-bond acceptors (Lipinski definition) is 5. The van der Waals surface area contributed by atoms with Crippen LogP contribution < -0.4 is 15.0 Å². The van der Waals surface area contributed by atoms with E-state index < -0.39 is 0 Å². The van der Waals surface area contributed by atoms with Crippen molar-refractivity contribution < 1.29 is 9.53 Å². The average molecular weight is 422 g/mol. The van der Waals surface area contributed by atoms with Gasteiger partial charge in [0.1, 0.15) is 0 Å². The molecule has 0 spiro atoms. The van der Waals surface area contributed by atoms with Crippen molar-refractivity contribution in [1.82, 2.24) is 4.90 Å². The van der Waals surface area contributed by atoms with E-state index in [4.69, 9.17) is 4.74 Å². The maximum atomic E-state index is 11.8. The highest BCUT2D eigenvalue weighted by molar-refractivity contribution is 7.20. The molecule has 0 atom stereocenters. The first-order valence-electron chi connectivity index (χ1n) is 10.7. The molecule has 1 aromatic heterocycles. The van der Waals surface area contributed by atoms with Crippen molar-refractivity contribution in [3.63, 3.8) is 0 Å². The lowest BCUT2D eigenvalue weighted by Gasteiger charge is -2.36. The Morgan fingerprint density at radius 3 is 2.73 bits per heavy atom. The predicted octanol–water partition coefficient (Wildman–Crippen LogP) is 4.16. The molecule has 156 valence electrons. The summed E-state index contributed by atoms with van der Waals surface area (Å²) >= 11 is 1.70. The molecular formula is C24H27N3O2S. The molecule has 0 aliphatic carbocycles. The van der Waals surface area contributed by atoms with Gasteiger partial charge in [0, 0.05) is 66.7 Å². The Labute approximate surface area is 181 Å². The second kappa shape index (κ2) is 8.28. The molecule has 3 heterocycles. The van der Waals surface area contributed by atoms with E-state index in [9.17, 15) is 4.79 Å². The van der Waals surface area contributed by atoms with E-state index in [-0.39, 0.29) is 5.91 Å². The molecule has 3 aromatic rings. The molecule has 0 radical (unpaired) electrons. The van der Waals surface area contributed by atoms with Crippen LogP contribution in [0.3, 0.4) is 0 Å². The number of piperazine rings is 1. The molecule has 0 saturated carbocycles. The summed E-state index contributed by atoms with van der Waals surface area (Å²) in [6.45, 7) is 5.19. The lowest BCUT2D eigenvalue weighted by molar-refractivity contribution is -0.116. The highest BCUT2D eigenvalue weighted by atomic mass is 32.1. The molecular weight excluding hydrogens is 394 g/mol. The third-order valence-corrected chi connectivity index (χ3v) is 7.31.